The van der Waals surface area contributed by atoms with Crippen LogP contribution < -0.4 is 10.6 Å². The van der Waals surface area contributed by atoms with Crippen molar-refractivity contribution in [1.29, 1.82) is 0 Å². The molecule has 0 aliphatic carbocycles. The monoisotopic (exact) mass is 275 g/mol. The first kappa shape index (κ1) is 10.1. The fourth-order valence-electron chi connectivity index (χ4n) is 1.19. The van der Waals surface area contributed by atoms with Gasteiger partial charge < -0.3 is 10.6 Å². The SMILES string of the molecule is O=C(NCC1CNC1)c1ncsc1Br. The molecule has 2 N–H and O–H groups in total. The van der Waals surface area contributed by atoms with Crippen molar-refractivity contribution in [1.82, 2.24) is 15.6 Å². The summed E-state index contributed by atoms with van der Waals surface area (Å²) in [5.41, 5.74) is 2.14. The van der Waals surface area contributed by atoms with Gasteiger partial charge in [-0.2, -0.15) is 0 Å². The Morgan fingerprint density at radius 3 is 3.07 bits per heavy atom. The maximum absolute atomic E-state index is 11.6. The lowest BCUT2D eigenvalue weighted by molar-refractivity contribution is 0.0937. The van der Waals surface area contributed by atoms with Gasteiger partial charge in [-0.3, -0.25) is 4.79 Å². The smallest absolute Gasteiger partial charge is 0.271 e. The molecule has 0 unspecified atom stereocenters. The lowest BCUT2D eigenvalue weighted by Gasteiger charge is -2.26. The Bertz CT molecular complexity index is 337. The molecule has 0 atom stereocenters. The van der Waals surface area contributed by atoms with Crippen molar-refractivity contribution in [2.24, 2.45) is 5.92 Å². The normalized spacial score (nSPS) is 16.4. The lowest BCUT2D eigenvalue weighted by atomic mass is 10.0. The molecule has 1 aliphatic heterocycles. The van der Waals surface area contributed by atoms with Gasteiger partial charge in [0.25, 0.3) is 5.91 Å². The molecule has 76 valence electrons. The van der Waals surface area contributed by atoms with E-state index in [-0.39, 0.29) is 5.91 Å². The van der Waals surface area contributed by atoms with Gasteiger partial charge in [0.1, 0.15) is 3.79 Å². The van der Waals surface area contributed by atoms with E-state index in [1.165, 1.54) is 11.3 Å². The zero-order valence-electron chi connectivity index (χ0n) is 7.42. The minimum Gasteiger partial charge on any atom is -0.350 e. The van der Waals surface area contributed by atoms with Gasteiger partial charge >= 0.3 is 0 Å². The number of carbonyl (C=O) groups is 1. The highest BCUT2D eigenvalue weighted by Crippen LogP contribution is 2.20. The quantitative estimate of drug-likeness (QED) is 0.860. The Balaban J connectivity index is 1.86. The van der Waals surface area contributed by atoms with Crippen LogP contribution in [-0.4, -0.2) is 30.5 Å². The fraction of sp³-hybridized carbons (Fsp3) is 0.500. The molecule has 0 spiro atoms. The maximum atomic E-state index is 11.6. The number of aromatic nitrogens is 1. The van der Waals surface area contributed by atoms with Gasteiger partial charge in [-0.15, -0.1) is 11.3 Å². The van der Waals surface area contributed by atoms with E-state index in [4.69, 9.17) is 0 Å². The third-order valence-electron chi connectivity index (χ3n) is 2.16. The minimum atomic E-state index is -0.0926. The third kappa shape index (κ3) is 2.13. The zero-order chi connectivity index (χ0) is 9.97. The van der Waals surface area contributed by atoms with Gasteiger partial charge in [-0.25, -0.2) is 4.98 Å². The highest BCUT2D eigenvalue weighted by molar-refractivity contribution is 9.11. The summed E-state index contributed by atoms with van der Waals surface area (Å²) in [7, 11) is 0. The van der Waals surface area contributed by atoms with Crippen molar-refractivity contribution in [2.75, 3.05) is 19.6 Å². The predicted molar refractivity (Wildman–Crippen MR) is 58.5 cm³/mol. The van der Waals surface area contributed by atoms with Crippen LogP contribution >= 0.6 is 27.3 Å². The van der Waals surface area contributed by atoms with Crippen molar-refractivity contribution >= 4 is 33.2 Å². The Kier molecular flexibility index (Phi) is 3.15. The highest BCUT2D eigenvalue weighted by atomic mass is 79.9. The molecule has 2 heterocycles. The van der Waals surface area contributed by atoms with Crippen LogP contribution in [0.15, 0.2) is 9.30 Å². The van der Waals surface area contributed by atoms with Gasteiger partial charge in [0, 0.05) is 25.6 Å². The van der Waals surface area contributed by atoms with Crippen molar-refractivity contribution in [3.05, 3.63) is 15.0 Å². The molecule has 0 saturated carbocycles. The van der Waals surface area contributed by atoms with Crippen LogP contribution in [-0.2, 0) is 0 Å². The molecule has 1 aromatic rings. The molecule has 2 rings (SSSR count). The number of amides is 1. The summed E-state index contributed by atoms with van der Waals surface area (Å²) in [6, 6.07) is 0. The topological polar surface area (TPSA) is 54.0 Å². The molecule has 0 radical (unpaired) electrons. The molecule has 4 nitrogen and oxygen atoms in total. The second-order valence-corrected chi connectivity index (χ2v) is 5.38. The number of nitrogens with zero attached hydrogens (tertiary/aromatic N) is 1. The van der Waals surface area contributed by atoms with E-state index >= 15 is 0 Å². The fourth-order valence-corrected chi connectivity index (χ4v) is 2.23. The first-order valence-corrected chi connectivity index (χ1v) is 6.02. The Hall–Kier alpha value is -0.460. The van der Waals surface area contributed by atoms with E-state index in [0.29, 0.717) is 11.6 Å². The average Bonchev–Trinajstić information content (AvgIpc) is 2.48. The summed E-state index contributed by atoms with van der Waals surface area (Å²) in [6.07, 6.45) is 0. The van der Waals surface area contributed by atoms with Crippen molar-refractivity contribution in [3.8, 4) is 0 Å². The number of halogens is 1. The number of carbonyl (C=O) groups excluding carboxylic acids is 1. The van der Waals surface area contributed by atoms with E-state index in [1.807, 2.05) is 0 Å². The molecule has 1 fully saturated rings. The van der Waals surface area contributed by atoms with E-state index in [9.17, 15) is 4.79 Å². The van der Waals surface area contributed by atoms with Crippen LogP contribution in [0.3, 0.4) is 0 Å². The summed E-state index contributed by atoms with van der Waals surface area (Å²) in [5, 5.41) is 6.02. The molecule has 6 heteroatoms. The molecular formula is C8H10BrN3OS. The second-order valence-electron chi connectivity index (χ2n) is 3.21. The van der Waals surface area contributed by atoms with E-state index in [1.54, 1.807) is 5.51 Å². The Morgan fingerprint density at radius 2 is 2.57 bits per heavy atom. The number of hydrogen-bond donors (Lipinski definition) is 2. The second kappa shape index (κ2) is 4.37. The Morgan fingerprint density at radius 1 is 1.79 bits per heavy atom. The van der Waals surface area contributed by atoms with Crippen molar-refractivity contribution < 1.29 is 4.79 Å². The summed E-state index contributed by atoms with van der Waals surface area (Å²) >= 11 is 4.71. The number of hydrogen-bond acceptors (Lipinski definition) is 4. The van der Waals surface area contributed by atoms with E-state index in [2.05, 4.69) is 31.5 Å². The molecule has 1 saturated heterocycles. The molecular weight excluding hydrogens is 266 g/mol. The largest absolute Gasteiger partial charge is 0.350 e. The van der Waals surface area contributed by atoms with Crippen LogP contribution in [0.2, 0.25) is 0 Å². The third-order valence-corrected chi connectivity index (χ3v) is 3.70. The van der Waals surface area contributed by atoms with Gasteiger partial charge in [0.15, 0.2) is 5.69 Å². The van der Waals surface area contributed by atoms with E-state index in [0.717, 1.165) is 23.4 Å². The zero-order valence-corrected chi connectivity index (χ0v) is 9.82. The van der Waals surface area contributed by atoms with E-state index < -0.39 is 0 Å². The molecule has 1 aromatic heterocycles. The molecule has 0 aromatic carbocycles. The van der Waals surface area contributed by atoms with Crippen molar-refractivity contribution in [3.63, 3.8) is 0 Å². The summed E-state index contributed by atoms with van der Waals surface area (Å²) in [4.78, 5) is 15.5. The van der Waals surface area contributed by atoms with Gasteiger partial charge in [0.05, 0.1) is 5.51 Å². The standard InChI is InChI=1S/C8H10BrN3OS/c9-7-6(12-4-14-7)8(13)11-3-5-1-10-2-5/h4-5,10H,1-3H2,(H,11,13). The molecule has 0 bridgehead atoms. The number of thiazole rings is 1. The van der Waals surface area contributed by atoms with Crippen LogP contribution in [0.25, 0.3) is 0 Å². The minimum absolute atomic E-state index is 0.0926. The van der Waals surface area contributed by atoms with Gasteiger partial charge in [-0.1, -0.05) is 0 Å². The molecule has 1 aliphatic rings. The molecule has 1 amide bonds. The van der Waals surface area contributed by atoms with Gasteiger partial charge in [-0.05, 0) is 15.9 Å². The lowest BCUT2D eigenvalue weighted by Crippen LogP contribution is -2.48. The van der Waals surface area contributed by atoms with Gasteiger partial charge in [0.2, 0.25) is 0 Å². The van der Waals surface area contributed by atoms with Crippen LogP contribution in [0.1, 0.15) is 10.5 Å². The van der Waals surface area contributed by atoms with Crippen molar-refractivity contribution in [2.45, 2.75) is 0 Å². The Labute approximate surface area is 94.2 Å². The summed E-state index contributed by atoms with van der Waals surface area (Å²) in [6.45, 7) is 2.73. The predicted octanol–water partition coefficient (Wildman–Crippen LogP) is 0.855. The summed E-state index contributed by atoms with van der Waals surface area (Å²) < 4.78 is 0.793. The number of rotatable bonds is 3. The summed E-state index contributed by atoms with van der Waals surface area (Å²) in [5.74, 6) is 0.487. The highest BCUT2D eigenvalue weighted by Gasteiger charge is 2.19. The van der Waals surface area contributed by atoms with Crippen LogP contribution in [0.4, 0.5) is 0 Å². The average molecular weight is 276 g/mol. The first-order valence-electron chi connectivity index (χ1n) is 4.35. The first-order chi connectivity index (χ1) is 6.77. The molecule has 14 heavy (non-hydrogen) atoms. The number of nitrogens with one attached hydrogen (secondary N) is 2. The van der Waals surface area contributed by atoms with Crippen LogP contribution in [0.5, 0.6) is 0 Å². The maximum Gasteiger partial charge on any atom is 0.271 e. The van der Waals surface area contributed by atoms with Crippen LogP contribution in [0, 0.1) is 5.92 Å².